The Morgan fingerprint density at radius 2 is 2.25 bits per heavy atom. The maximum absolute atomic E-state index is 13.0. The summed E-state index contributed by atoms with van der Waals surface area (Å²) < 4.78 is 42.1. The molecule has 1 aromatic heterocycles. The average Bonchev–Trinajstić information content (AvgIpc) is 2.21. The minimum Gasteiger partial charge on any atom is -0.462 e. The van der Waals surface area contributed by atoms with E-state index in [1.54, 1.807) is 0 Å². The number of rotatable bonds is 3. The lowest BCUT2D eigenvalue weighted by Gasteiger charge is -2.07. The standard InChI is InChI=1S/C9H9F3N2O2/c1-2-16-9(15)4-3-5(7(10)11)14-8(12)6(4)13/h3,7H,2,13H2,1H3. The van der Waals surface area contributed by atoms with Crippen LogP contribution < -0.4 is 5.73 Å². The fourth-order valence-corrected chi connectivity index (χ4v) is 1.03. The number of anilines is 1. The first-order chi connectivity index (χ1) is 7.47. The van der Waals surface area contributed by atoms with Gasteiger partial charge in [-0.15, -0.1) is 0 Å². The third-order valence-electron chi connectivity index (χ3n) is 1.75. The van der Waals surface area contributed by atoms with E-state index < -0.39 is 35.3 Å². The number of aromatic nitrogens is 1. The van der Waals surface area contributed by atoms with Gasteiger partial charge in [0.05, 0.1) is 12.2 Å². The summed E-state index contributed by atoms with van der Waals surface area (Å²) in [7, 11) is 0. The van der Waals surface area contributed by atoms with E-state index in [-0.39, 0.29) is 6.61 Å². The number of carbonyl (C=O) groups excluding carboxylic acids is 1. The van der Waals surface area contributed by atoms with E-state index >= 15 is 0 Å². The van der Waals surface area contributed by atoms with Crippen molar-refractivity contribution in [3.63, 3.8) is 0 Å². The van der Waals surface area contributed by atoms with Crippen LogP contribution in [0.2, 0.25) is 0 Å². The van der Waals surface area contributed by atoms with Gasteiger partial charge < -0.3 is 10.5 Å². The largest absolute Gasteiger partial charge is 0.462 e. The number of pyridine rings is 1. The predicted molar refractivity (Wildman–Crippen MR) is 49.5 cm³/mol. The van der Waals surface area contributed by atoms with Crippen molar-refractivity contribution in [2.24, 2.45) is 0 Å². The van der Waals surface area contributed by atoms with Crippen LogP contribution in [0.4, 0.5) is 18.9 Å². The summed E-state index contributed by atoms with van der Waals surface area (Å²) in [6, 6.07) is 0.723. The van der Waals surface area contributed by atoms with Crippen LogP contribution in [0.3, 0.4) is 0 Å². The fourth-order valence-electron chi connectivity index (χ4n) is 1.03. The Hall–Kier alpha value is -1.79. The van der Waals surface area contributed by atoms with Gasteiger partial charge in [0.2, 0.25) is 5.95 Å². The summed E-state index contributed by atoms with van der Waals surface area (Å²) in [6.45, 7) is 1.56. The van der Waals surface area contributed by atoms with Crippen LogP contribution in [0.15, 0.2) is 6.07 Å². The summed E-state index contributed by atoms with van der Waals surface area (Å²) in [5, 5.41) is 0. The number of hydrogen-bond donors (Lipinski definition) is 1. The monoisotopic (exact) mass is 234 g/mol. The van der Waals surface area contributed by atoms with E-state index in [4.69, 9.17) is 5.73 Å². The Bertz CT molecular complexity index is 410. The Kier molecular flexibility index (Phi) is 3.70. The minimum atomic E-state index is -2.98. The summed E-state index contributed by atoms with van der Waals surface area (Å²) in [5.41, 5.74) is 3.31. The van der Waals surface area contributed by atoms with Gasteiger partial charge in [0.15, 0.2) is 0 Å². The maximum atomic E-state index is 13.0. The topological polar surface area (TPSA) is 65.2 Å². The number of ether oxygens (including phenoxy) is 1. The smallest absolute Gasteiger partial charge is 0.340 e. The maximum Gasteiger partial charge on any atom is 0.340 e. The molecule has 0 aliphatic rings. The lowest BCUT2D eigenvalue weighted by atomic mass is 10.2. The molecule has 0 saturated heterocycles. The van der Waals surface area contributed by atoms with Crippen LogP contribution in [-0.2, 0) is 4.74 Å². The van der Waals surface area contributed by atoms with Crippen LogP contribution in [0.25, 0.3) is 0 Å². The molecule has 4 nitrogen and oxygen atoms in total. The molecule has 16 heavy (non-hydrogen) atoms. The zero-order valence-electron chi connectivity index (χ0n) is 8.34. The SMILES string of the molecule is CCOC(=O)c1cc(C(F)F)nc(F)c1N. The predicted octanol–water partition coefficient (Wildman–Crippen LogP) is 1.92. The third kappa shape index (κ3) is 2.41. The van der Waals surface area contributed by atoms with Gasteiger partial charge in [0, 0.05) is 0 Å². The van der Waals surface area contributed by atoms with Crippen molar-refractivity contribution >= 4 is 11.7 Å². The van der Waals surface area contributed by atoms with E-state index in [0.717, 1.165) is 6.07 Å². The molecule has 0 aliphatic heterocycles. The molecule has 0 bridgehead atoms. The van der Waals surface area contributed by atoms with Gasteiger partial charge in [-0.25, -0.2) is 18.6 Å². The highest BCUT2D eigenvalue weighted by Gasteiger charge is 2.20. The van der Waals surface area contributed by atoms with Crippen LogP contribution in [0.1, 0.15) is 29.4 Å². The molecule has 0 aromatic carbocycles. The van der Waals surface area contributed by atoms with Gasteiger partial charge in [0.1, 0.15) is 11.4 Å². The molecule has 0 atom stereocenters. The van der Waals surface area contributed by atoms with Crippen molar-refractivity contribution in [2.75, 3.05) is 12.3 Å². The highest BCUT2D eigenvalue weighted by atomic mass is 19.3. The van der Waals surface area contributed by atoms with Gasteiger partial charge in [-0.1, -0.05) is 0 Å². The highest BCUT2D eigenvalue weighted by molar-refractivity contribution is 5.95. The Balaban J connectivity index is 3.21. The molecule has 0 radical (unpaired) electrons. The number of halogens is 3. The Morgan fingerprint density at radius 1 is 1.62 bits per heavy atom. The molecule has 0 spiro atoms. The number of nitrogen functional groups attached to an aromatic ring is 1. The third-order valence-corrected chi connectivity index (χ3v) is 1.75. The molecule has 7 heteroatoms. The van der Waals surface area contributed by atoms with Gasteiger partial charge in [0.25, 0.3) is 6.43 Å². The first-order valence-electron chi connectivity index (χ1n) is 4.38. The molecule has 1 aromatic rings. The molecular weight excluding hydrogens is 225 g/mol. The molecule has 0 aliphatic carbocycles. The van der Waals surface area contributed by atoms with E-state index in [1.165, 1.54) is 6.92 Å². The Morgan fingerprint density at radius 3 is 2.75 bits per heavy atom. The zero-order chi connectivity index (χ0) is 12.3. The van der Waals surface area contributed by atoms with Crippen LogP contribution in [0, 0.1) is 5.95 Å². The van der Waals surface area contributed by atoms with E-state index in [9.17, 15) is 18.0 Å². The summed E-state index contributed by atoms with van der Waals surface area (Å²) in [6.07, 6.45) is -2.98. The number of nitrogens with zero attached hydrogens (tertiary/aromatic N) is 1. The highest BCUT2D eigenvalue weighted by Crippen LogP contribution is 2.23. The number of esters is 1. The van der Waals surface area contributed by atoms with Crippen molar-refractivity contribution in [1.29, 1.82) is 0 Å². The quantitative estimate of drug-likeness (QED) is 0.641. The lowest BCUT2D eigenvalue weighted by molar-refractivity contribution is 0.0526. The van der Waals surface area contributed by atoms with Crippen molar-refractivity contribution in [2.45, 2.75) is 13.3 Å². The van der Waals surface area contributed by atoms with Crippen molar-refractivity contribution in [3.8, 4) is 0 Å². The van der Waals surface area contributed by atoms with Crippen LogP contribution >= 0.6 is 0 Å². The van der Waals surface area contributed by atoms with Crippen molar-refractivity contribution in [3.05, 3.63) is 23.3 Å². The normalized spacial score (nSPS) is 10.6. The number of carbonyl (C=O) groups is 1. The second kappa shape index (κ2) is 4.82. The summed E-state index contributed by atoms with van der Waals surface area (Å²) >= 11 is 0. The van der Waals surface area contributed by atoms with E-state index in [1.807, 2.05) is 0 Å². The van der Waals surface area contributed by atoms with Crippen LogP contribution in [-0.4, -0.2) is 17.6 Å². The molecular formula is C9H9F3N2O2. The first-order valence-corrected chi connectivity index (χ1v) is 4.38. The minimum absolute atomic E-state index is 0.0340. The van der Waals surface area contributed by atoms with Crippen molar-refractivity contribution in [1.82, 2.24) is 4.98 Å². The van der Waals surface area contributed by atoms with Gasteiger partial charge >= 0.3 is 5.97 Å². The second-order valence-corrected chi connectivity index (χ2v) is 2.82. The second-order valence-electron chi connectivity index (χ2n) is 2.82. The molecule has 1 rings (SSSR count). The fraction of sp³-hybridized carbons (Fsp3) is 0.333. The summed E-state index contributed by atoms with van der Waals surface area (Å²) in [4.78, 5) is 14.2. The molecule has 0 saturated carbocycles. The molecule has 0 fully saturated rings. The molecule has 0 amide bonds. The molecule has 1 heterocycles. The van der Waals surface area contributed by atoms with Gasteiger partial charge in [-0.3, -0.25) is 0 Å². The first kappa shape index (κ1) is 12.3. The summed E-state index contributed by atoms with van der Waals surface area (Å²) in [5.74, 6) is -2.26. The van der Waals surface area contributed by atoms with E-state index in [0.29, 0.717) is 0 Å². The number of alkyl halides is 2. The number of nitrogens with two attached hydrogens (primary N) is 1. The average molecular weight is 234 g/mol. The van der Waals surface area contributed by atoms with Gasteiger partial charge in [-0.2, -0.15) is 4.39 Å². The molecule has 0 unspecified atom stereocenters. The molecule has 88 valence electrons. The van der Waals surface area contributed by atoms with Crippen molar-refractivity contribution < 1.29 is 22.7 Å². The number of hydrogen-bond acceptors (Lipinski definition) is 4. The van der Waals surface area contributed by atoms with E-state index in [2.05, 4.69) is 9.72 Å². The van der Waals surface area contributed by atoms with Crippen LogP contribution in [0.5, 0.6) is 0 Å². The Labute approximate surface area is 89.2 Å². The zero-order valence-corrected chi connectivity index (χ0v) is 8.34. The lowest BCUT2D eigenvalue weighted by Crippen LogP contribution is -2.12. The molecule has 2 N–H and O–H groups in total. The van der Waals surface area contributed by atoms with Gasteiger partial charge in [-0.05, 0) is 13.0 Å².